The molecule has 8 heteroatoms. The average molecular weight is 313 g/mol. The third-order valence-corrected chi connectivity index (χ3v) is 5.56. The van der Waals surface area contributed by atoms with Crippen molar-refractivity contribution in [3.63, 3.8) is 0 Å². The van der Waals surface area contributed by atoms with Crippen LogP contribution < -0.4 is 0 Å². The van der Waals surface area contributed by atoms with Crippen LogP contribution in [0, 0.1) is 6.92 Å². The van der Waals surface area contributed by atoms with E-state index in [0.29, 0.717) is 12.0 Å². The van der Waals surface area contributed by atoms with Crippen molar-refractivity contribution in [3.8, 4) is 0 Å². The van der Waals surface area contributed by atoms with E-state index in [0.717, 1.165) is 10.4 Å². The molecule has 0 aromatic heterocycles. The molecule has 0 spiro atoms. The fourth-order valence-corrected chi connectivity index (χ4v) is 4.32. The van der Waals surface area contributed by atoms with E-state index >= 15 is 0 Å². The highest BCUT2D eigenvalue weighted by atomic mass is 32.2. The van der Waals surface area contributed by atoms with Gasteiger partial charge in [0.2, 0.25) is 10.0 Å². The van der Waals surface area contributed by atoms with Crippen molar-refractivity contribution in [2.24, 2.45) is 0 Å². The minimum absolute atomic E-state index is 0.121. The zero-order chi connectivity index (χ0) is 15.8. The summed E-state index contributed by atoms with van der Waals surface area (Å²) in [5, 5.41) is 18.1. The monoisotopic (exact) mass is 313 g/mol. The molecule has 0 bridgehead atoms. The van der Waals surface area contributed by atoms with Crippen LogP contribution in [0.4, 0.5) is 0 Å². The minimum atomic E-state index is -4.03. The average Bonchev–Trinajstić information content (AvgIpc) is 2.88. The highest BCUT2D eigenvalue weighted by molar-refractivity contribution is 7.89. The van der Waals surface area contributed by atoms with E-state index in [-0.39, 0.29) is 23.4 Å². The van der Waals surface area contributed by atoms with E-state index in [2.05, 4.69) is 0 Å². The highest BCUT2D eigenvalue weighted by Gasteiger charge is 2.40. The summed E-state index contributed by atoms with van der Waals surface area (Å²) in [7, 11) is -4.03. The van der Waals surface area contributed by atoms with E-state index in [1.165, 1.54) is 12.1 Å². The summed E-state index contributed by atoms with van der Waals surface area (Å²) in [6.45, 7) is 1.67. The molecule has 1 atom stereocenters. The van der Waals surface area contributed by atoms with Crippen LogP contribution in [0.2, 0.25) is 0 Å². The predicted octanol–water partition coefficient (Wildman–Crippen LogP) is 0.931. The number of carboxylic acid groups (broad SMARTS) is 2. The Morgan fingerprint density at radius 2 is 1.95 bits per heavy atom. The normalized spacial score (nSPS) is 19.6. The number of aliphatic carboxylic acids is 1. The largest absolute Gasteiger partial charge is 0.480 e. The van der Waals surface area contributed by atoms with Crippen LogP contribution in [0.3, 0.4) is 0 Å². The molecule has 0 saturated carbocycles. The van der Waals surface area contributed by atoms with Crippen LogP contribution in [0.5, 0.6) is 0 Å². The van der Waals surface area contributed by atoms with Crippen LogP contribution in [-0.2, 0) is 14.8 Å². The van der Waals surface area contributed by atoms with Crippen molar-refractivity contribution in [2.45, 2.75) is 30.7 Å². The van der Waals surface area contributed by atoms with Gasteiger partial charge in [-0.1, -0.05) is 6.07 Å². The number of hydrogen-bond donors (Lipinski definition) is 2. The number of sulfonamides is 1. The van der Waals surface area contributed by atoms with Crippen molar-refractivity contribution < 1.29 is 28.2 Å². The Labute approximate surface area is 121 Å². The van der Waals surface area contributed by atoms with E-state index in [1.807, 2.05) is 0 Å². The molecule has 2 rings (SSSR count). The van der Waals surface area contributed by atoms with Gasteiger partial charge in [-0.2, -0.15) is 4.31 Å². The Balaban J connectivity index is 2.51. The van der Waals surface area contributed by atoms with E-state index in [4.69, 9.17) is 10.2 Å². The first-order chi connectivity index (χ1) is 9.75. The van der Waals surface area contributed by atoms with E-state index in [1.54, 1.807) is 6.92 Å². The zero-order valence-corrected chi connectivity index (χ0v) is 12.1. The van der Waals surface area contributed by atoms with Crippen LogP contribution in [0.1, 0.15) is 28.8 Å². The molecular weight excluding hydrogens is 298 g/mol. The van der Waals surface area contributed by atoms with Crippen LogP contribution in [-0.4, -0.2) is 47.5 Å². The Bertz CT molecular complexity index is 697. The second kappa shape index (κ2) is 5.45. The quantitative estimate of drug-likeness (QED) is 0.855. The molecule has 0 unspecified atom stereocenters. The highest BCUT2D eigenvalue weighted by Crippen LogP contribution is 2.28. The van der Waals surface area contributed by atoms with Crippen molar-refractivity contribution in [2.75, 3.05) is 6.54 Å². The van der Waals surface area contributed by atoms with Crippen LogP contribution in [0.15, 0.2) is 23.1 Å². The lowest BCUT2D eigenvalue weighted by atomic mass is 10.1. The number of aryl methyl sites for hydroxylation is 1. The van der Waals surface area contributed by atoms with Gasteiger partial charge in [0.25, 0.3) is 0 Å². The third-order valence-electron chi connectivity index (χ3n) is 3.51. The topological polar surface area (TPSA) is 112 Å². The van der Waals surface area contributed by atoms with Gasteiger partial charge in [-0.15, -0.1) is 0 Å². The van der Waals surface area contributed by atoms with E-state index in [9.17, 15) is 18.0 Å². The molecule has 114 valence electrons. The van der Waals surface area contributed by atoms with Crippen molar-refractivity contribution >= 4 is 22.0 Å². The molecule has 21 heavy (non-hydrogen) atoms. The van der Waals surface area contributed by atoms with Gasteiger partial charge in [-0.3, -0.25) is 4.79 Å². The molecule has 1 aliphatic heterocycles. The lowest BCUT2D eigenvalue weighted by Gasteiger charge is -2.22. The lowest BCUT2D eigenvalue weighted by Crippen LogP contribution is -2.40. The molecule has 0 aliphatic carbocycles. The number of hydrogen-bond acceptors (Lipinski definition) is 4. The smallest absolute Gasteiger partial charge is 0.335 e. The van der Waals surface area contributed by atoms with Gasteiger partial charge in [0.15, 0.2) is 0 Å². The maximum Gasteiger partial charge on any atom is 0.335 e. The zero-order valence-electron chi connectivity index (χ0n) is 11.3. The van der Waals surface area contributed by atoms with Gasteiger partial charge in [-0.05, 0) is 37.5 Å². The molecule has 1 saturated heterocycles. The Kier molecular flexibility index (Phi) is 4.02. The fourth-order valence-electron chi connectivity index (χ4n) is 2.41. The van der Waals surface area contributed by atoms with Crippen LogP contribution in [0.25, 0.3) is 0 Å². The third kappa shape index (κ3) is 2.77. The molecular formula is C13H15NO6S. The van der Waals surface area contributed by atoms with Gasteiger partial charge >= 0.3 is 11.9 Å². The van der Waals surface area contributed by atoms with Crippen molar-refractivity contribution in [1.82, 2.24) is 4.31 Å². The molecule has 1 aromatic carbocycles. The van der Waals surface area contributed by atoms with Crippen LogP contribution >= 0.6 is 0 Å². The second-order valence-corrected chi connectivity index (χ2v) is 6.76. The van der Waals surface area contributed by atoms with Gasteiger partial charge in [0, 0.05) is 6.54 Å². The number of rotatable bonds is 4. The molecule has 0 radical (unpaired) electrons. The standard InChI is InChI=1S/C13H15NO6S/c1-8-4-5-9(12(15)16)7-11(8)21(19,20)14-6-2-3-10(14)13(17)18/h4-5,7,10H,2-3,6H2,1H3,(H,15,16)(H,17,18)/t10-/m1/s1. The fraction of sp³-hybridized carbons (Fsp3) is 0.385. The first-order valence-corrected chi connectivity index (χ1v) is 7.77. The SMILES string of the molecule is Cc1ccc(C(=O)O)cc1S(=O)(=O)N1CCC[C@@H]1C(=O)O. The maximum absolute atomic E-state index is 12.6. The van der Waals surface area contributed by atoms with E-state index < -0.39 is 28.0 Å². The number of benzene rings is 1. The summed E-state index contributed by atoms with van der Waals surface area (Å²) in [4.78, 5) is 22.0. The molecule has 1 fully saturated rings. The Morgan fingerprint density at radius 3 is 2.52 bits per heavy atom. The summed E-state index contributed by atoms with van der Waals surface area (Å²) in [5.41, 5.74) is 0.237. The maximum atomic E-state index is 12.6. The van der Waals surface area contributed by atoms with Gasteiger partial charge in [-0.25, -0.2) is 13.2 Å². The lowest BCUT2D eigenvalue weighted by molar-refractivity contribution is -0.140. The first kappa shape index (κ1) is 15.5. The van der Waals surface area contributed by atoms with Crippen molar-refractivity contribution in [1.29, 1.82) is 0 Å². The van der Waals surface area contributed by atoms with Crippen molar-refractivity contribution in [3.05, 3.63) is 29.3 Å². The number of carbonyl (C=O) groups is 2. The molecule has 2 N–H and O–H groups in total. The summed E-state index contributed by atoms with van der Waals surface area (Å²) in [6.07, 6.45) is 0.722. The molecule has 1 aliphatic rings. The number of carboxylic acids is 2. The minimum Gasteiger partial charge on any atom is -0.480 e. The second-order valence-electron chi connectivity index (χ2n) is 4.90. The van der Waals surface area contributed by atoms with Gasteiger partial charge in [0.1, 0.15) is 6.04 Å². The summed E-state index contributed by atoms with van der Waals surface area (Å²) < 4.78 is 26.2. The summed E-state index contributed by atoms with van der Waals surface area (Å²) in [6, 6.07) is 2.70. The number of aromatic carboxylic acids is 1. The molecule has 0 amide bonds. The summed E-state index contributed by atoms with van der Waals surface area (Å²) >= 11 is 0. The Morgan fingerprint density at radius 1 is 1.29 bits per heavy atom. The molecule has 1 aromatic rings. The molecule has 1 heterocycles. The first-order valence-electron chi connectivity index (χ1n) is 6.33. The Hall–Kier alpha value is -1.93. The summed E-state index contributed by atoms with van der Waals surface area (Å²) in [5.74, 6) is -2.43. The predicted molar refractivity (Wildman–Crippen MR) is 72.7 cm³/mol. The number of nitrogens with zero attached hydrogens (tertiary/aromatic N) is 1. The van der Waals surface area contributed by atoms with Gasteiger partial charge < -0.3 is 10.2 Å². The van der Waals surface area contributed by atoms with Gasteiger partial charge in [0.05, 0.1) is 10.5 Å². The molecule has 7 nitrogen and oxygen atoms in total.